The number of hydrogen-bond donors (Lipinski definition) is 2. The van der Waals surface area contributed by atoms with Gasteiger partial charge in [0.25, 0.3) is 0 Å². The summed E-state index contributed by atoms with van der Waals surface area (Å²) >= 11 is 0. The molecule has 0 aromatic heterocycles. The monoisotopic (exact) mass is 336 g/mol. The normalized spacial score (nSPS) is 13.6. The van der Waals surface area contributed by atoms with E-state index in [0.29, 0.717) is 13.0 Å². The summed E-state index contributed by atoms with van der Waals surface area (Å²) in [6.45, 7) is 7.48. The summed E-state index contributed by atoms with van der Waals surface area (Å²) in [6, 6.07) is 9.99. The van der Waals surface area contributed by atoms with E-state index in [4.69, 9.17) is 16.4 Å². The van der Waals surface area contributed by atoms with Crippen molar-refractivity contribution in [2.24, 2.45) is 11.7 Å². The Morgan fingerprint density at radius 3 is 2.29 bits per heavy atom. The minimum absolute atomic E-state index is 0.222. The molecular weight excluding hydrogens is 304 g/mol. The Morgan fingerprint density at radius 1 is 1.08 bits per heavy atom. The van der Waals surface area contributed by atoms with Gasteiger partial charge in [-0.15, -0.1) is 0 Å². The molecule has 6 heteroatoms. The molecule has 4 N–H and O–H groups in total. The van der Waals surface area contributed by atoms with Crippen molar-refractivity contribution in [1.82, 2.24) is 10.0 Å². The summed E-state index contributed by atoms with van der Waals surface area (Å²) in [7, 11) is 0. The van der Waals surface area contributed by atoms with Gasteiger partial charge in [0.05, 0.1) is 0 Å². The Bertz CT molecular complexity index is 469. The summed E-state index contributed by atoms with van der Waals surface area (Å²) in [4.78, 5) is 12.1. The van der Waals surface area contributed by atoms with Crippen LogP contribution in [0.5, 0.6) is 0 Å². The van der Waals surface area contributed by atoms with Crippen LogP contribution in [0.1, 0.15) is 58.1 Å². The van der Waals surface area contributed by atoms with Crippen molar-refractivity contribution in [3.63, 3.8) is 0 Å². The van der Waals surface area contributed by atoms with E-state index in [1.54, 1.807) is 0 Å². The molecule has 2 atom stereocenters. The molecule has 0 saturated heterocycles. The fourth-order valence-electron chi connectivity index (χ4n) is 2.52. The maximum atomic E-state index is 12.1. The number of amides is 1. The maximum absolute atomic E-state index is 12.1. The molecule has 0 aliphatic carbocycles. The molecule has 2 unspecified atom stereocenters. The number of benzene rings is 1. The van der Waals surface area contributed by atoms with Gasteiger partial charge in [0.15, 0.2) is 0 Å². The highest BCUT2D eigenvalue weighted by Crippen LogP contribution is 2.25. The second-order valence-electron chi connectivity index (χ2n) is 6.14. The minimum Gasteiger partial charge on any atom is -0.440 e. The van der Waals surface area contributed by atoms with Gasteiger partial charge in [0, 0.05) is 19.1 Å². The number of hydrazine groups is 2. The van der Waals surface area contributed by atoms with Crippen LogP contribution in [-0.2, 0) is 4.74 Å². The van der Waals surface area contributed by atoms with Crippen molar-refractivity contribution in [3.8, 4) is 0 Å². The van der Waals surface area contributed by atoms with Crippen LogP contribution in [0.25, 0.3) is 0 Å². The van der Waals surface area contributed by atoms with Gasteiger partial charge in [-0.25, -0.2) is 20.7 Å². The third-order valence-corrected chi connectivity index (χ3v) is 4.01. The molecule has 1 aromatic rings. The first-order valence-electron chi connectivity index (χ1n) is 8.78. The van der Waals surface area contributed by atoms with Crippen LogP contribution in [0.2, 0.25) is 0 Å². The summed E-state index contributed by atoms with van der Waals surface area (Å²) in [5.41, 5.74) is 0.974. The molecule has 0 aliphatic heterocycles. The molecule has 0 radical (unpaired) electrons. The van der Waals surface area contributed by atoms with Gasteiger partial charge in [-0.3, -0.25) is 5.84 Å². The van der Waals surface area contributed by atoms with Crippen LogP contribution in [0.3, 0.4) is 0 Å². The summed E-state index contributed by atoms with van der Waals surface area (Å²) in [5.74, 6) is 11.8. The topological polar surface area (TPSA) is 84.8 Å². The van der Waals surface area contributed by atoms with Gasteiger partial charge in [-0.2, -0.15) is 0 Å². The van der Waals surface area contributed by atoms with E-state index in [-0.39, 0.29) is 12.1 Å². The van der Waals surface area contributed by atoms with Gasteiger partial charge in [0.2, 0.25) is 0 Å². The number of carbonyl (C=O) groups excluding carboxylic acids is 1. The van der Waals surface area contributed by atoms with Crippen molar-refractivity contribution in [1.29, 1.82) is 0 Å². The lowest BCUT2D eigenvalue weighted by atomic mass is 10.0. The number of nitrogens with zero attached hydrogens (tertiary/aromatic N) is 2. The lowest BCUT2D eigenvalue weighted by Gasteiger charge is -2.27. The molecule has 0 aliphatic rings. The first kappa shape index (κ1) is 20.4. The van der Waals surface area contributed by atoms with E-state index < -0.39 is 6.09 Å². The maximum Gasteiger partial charge on any atom is 0.424 e. The Hall–Kier alpha value is -1.63. The molecule has 0 spiro atoms. The number of nitrogens with two attached hydrogens (primary N) is 2. The zero-order valence-corrected chi connectivity index (χ0v) is 15.1. The number of carbonyl (C=O) groups is 1. The van der Waals surface area contributed by atoms with Gasteiger partial charge >= 0.3 is 6.09 Å². The second kappa shape index (κ2) is 11.0. The van der Waals surface area contributed by atoms with Crippen molar-refractivity contribution in [3.05, 3.63) is 35.9 Å². The Balaban J connectivity index is 2.71. The molecule has 0 bridgehead atoms. The molecule has 136 valence electrons. The van der Waals surface area contributed by atoms with Crippen molar-refractivity contribution in [2.75, 3.05) is 13.1 Å². The molecule has 0 saturated carbocycles. The highest BCUT2D eigenvalue weighted by molar-refractivity contribution is 5.67. The van der Waals surface area contributed by atoms with Gasteiger partial charge in [0.1, 0.15) is 6.10 Å². The van der Waals surface area contributed by atoms with Crippen molar-refractivity contribution >= 4 is 6.09 Å². The fraction of sp³-hybridized carbons (Fsp3) is 0.611. The van der Waals surface area contributed by atoms with E-state index in [2.05, 4.69) is 13.8 Å². The SMILES string of the molecule is CCCN(N)C(=O)OC(CCC(C)N(N)CCC)c1ccccc1. The third-order valence-electron chi connectivity index (χ3n) is 4.01. The quantitative estimate of drug-likeness (QED) is 0.389. The van der Waals surface area contributed by atoms with Crippen LogP contribution in [-0.4, -0.2) is 35.2 Å². The van der Waals surface area contributed by atoms with E-state index >= 15 is 0 Å². The number of hydrogen-bond acceptors (Lipinski definition) is 5. The minimum atomic E-state index is -0.489. The Kier molecular flexibility index (Phi) is 9.37. The predicted octanol–water partition coefficient (Wildman–Crippen LogP) is 3.20. The van der Waals surface area contributed by atoms with Gasteiger partial charge in [-0.05, 0) is 38.2 Å². The first-order chi connectivity index (χ1) is 11.5. The second-order valence-corrected chi connectivity index (χ2v) is 6.14. The largest absolute Gasteiger partial charge is 0.440 e. The Morgan fingerprint density at radius 2 is 1.71 bits per heavy atom. The van der Waals surface area contributed by atoms with Gasteiger partial charge in [-0.1, -0.05) is 44.2 Å². The van der Waals surface area contributed by atoms with Crippen molar-refractivity contribution < 1.29 is 9.53 Å². The van der Waals surface area contributed by atoms with E-state index in [0.717, 1.165) is 36.4 Å². The highest BCUT2D eigenvalue weighted by atomic mass is 16.6. The molecule has 24 heavy (non-hydrogen) atoms. The summed E-state index contributed by atoms with van der Waals surface area (Å²) in [5, 5.41) is 2.97. The predicted molar refractivity (Wildman–Crippen MR) is 96.7 cm³/mol. The molecule has 1 aromatic carbocycles. The van der Waals surface area contributed by atoms with Crippen LogP contribution in [0.4, 0.5) is 4.79 Å². The fourth-order valence-corrected chi connectivity index (χ4v) is 2.52. The third kappa shape index (κ3) is 6.86. The summed E-state index contributed by atoms with van der Waals surface area (Å²) in [6.07, 6.45) is 2.53. The molecule has 0 fully saturated rings. The van der Waals surface area contributed by atoms with E-state index in [9.17, 15) is 4.79 Å². The lowest BCUT2D eigenvalue weighted by Crippen LogP contribution is -2.40. The molecular formula is C18H32N4O2. The molecule has 1 amide bonds. The van der Waals surface area contributed by atoms with Crippen LogP contribution in [0.15, 0.2) is 30.3 Å². The zero-order valence-electron chi connectivity index (χ0n) is 15.1. The number of rotatable bonds is 10. The van der Waals surface area contributed by atoms with Crippen LogP contribution >= 0.6 is 0 Å². The van der Waals surface area contributed by atoms with Crippen LogP contribution < -0.4 is 11.7 Å². The highest BCUT2D eigenvalue weighted by Gasteiger charge is 2.21. The van der Waals surface area contributed by atoms with Gasteiger partial charge < -0.3 is 4.74 Å². The zero-order chi connectivity index (χ0) is 17.9. The first-order valence-corrected chi connectivity index (χ1v) is 8.78. The molecule has 0 heterocycles. The van der Waals surface area contributed by atoms with E-state index in [1.807, 2.05) is 42.3 Å². The average Bonchev–Trinajstić information content (AvgIpc) is 2.59. The summed E-state index contributed by atoms with van der Waals surface area (Å²) < 4.78 is 5.64. The average molecular weight is 336 g/mol. The standard InChI is InChI=1S/C18H32N4O2/c1-4-13-21(19)15(3)11-12-17(16-9-7-6-8-10-16)24-18(23)22(20)14-5-2/h6-10,15,17H,4-5,11-14,19-20H2,1-3H3. The Labute approximate surface area is 145 Å². The van der Waals surface area contributed by atoms with Crippen LogP contribution in [0, 0.1) is 0 Å². The lowest BCUT2D eigenvalue weighted by molar-refractivity contribution is 0.0527. The number of ether oxygens (including phenoxy) is 1. The molecule has 1 rings (SSSR count). The van der Waals surface area contributed by atoms with Crippen molar-refractivity contribution in [2.45, 2.75) is 58.6 Å². The smallest absolute Gasteiger partial charge is 0.424 e. The van der Waals surface area contributed by atoms with E-state index in [1.165, 1.54) is 0 Å². The molecule has 6 nitrogen and oxygen atoms in total.